The fourth-order valence-electron chi connectivity index (χ4n) is 7.87. The highest BCUT2D eigenvalue weighted by Crippen LogP contribution is 2.42. The van der Waals surface area contributed by atoms with Gasteiger partial charge in [-0.05, 0) is 60.7 Å². The molecule has 5 heterocycles. The molecular formula is C49H27N5O2S. The summed E-state index contributed by atoms with van der Waals surface area (Å²) in [6.07, 6.45) is 0. The SMILES string of the molecule is c1ccc(-c2nc(-c3ccc4oc5ccccc5c4c3)nc(-c3cccc4sc5ccc(-c6nc(-c7ccccc7)c7oc8ccccc8c7n6)cc5c34)n2)cc1. The molecule has 0 aliphatic carbocycles. The van der Waals surface area contributed by atoms with E-state index < -0.39 is 0 Å². The van der Waals surface area contributed by atoms with Crippen molar-refractivity contribution < 1.29 is 8.83 Å². The molecule has 7 aromatic carbocycles. The van der Waals surface area contributed by atoms with Crippen LogP contribution in [0.5, 0.6) is 0 Å². The average molecular weight is 750 g/mol. The van der Waals surface area contributed by atoms with E-state index in [1.807, 2.05) is 97.1 Å². The number of benzene rings is 7. The number of hydrogen-bond acceptors (Lipinski definition) is 8. The zero-order valence-electron chi connectivity index (χ0n) is 30.0. The Bertz CT molecular complexity index is 3540. The van der Waals surface area contributed by atoms with Crippen LogP contribution in [0.25, 0.3) is 121 Å². The molecule has 5 aromatic heterocycles. The lowest BCUT2D eigenvalue weighted by Gasteiger charge is -2.10. The minimum absolute atomic E-state index is 0.589. The molecule has 266 valence electrons. The van der Waals surface area contributed by atoms with Gasteiger partial charge in [0.1, 0.15) is 28.0 Å². The van der Waals surface area contributed by atoms with Gasteiger partial charge in [-0.1, -0.05) is 103 Å². The number of thiophene rings is 1. The molecule has 0 N–H and O–H groups in total. The smallest absolute Gasteiger partial charge is 0.180 e. The van der Waals surface area contributed by atoms with Crippen LogP contribution < -0.4 is 0 Å². The summed E-state index contributed by atoms with van der Waals surface area (Å²) in [7, 11) is 0. The van der Waals surface area contributed by atoms with Crippen molar-refractivity contribution in [3.05, 3.63) is 164 Å². The minimum Gasteiger partial charge on any atom is -0.456 e. The standard InChI is InChI=1S/C49H27N5O2S/c1-3-12-28(13-4-1)43-45-44(33-17-8-10-20-38(33)56-45)51-47(50-43)31-23-25-40-36(27-31)42-34(18-11-21-41(42)57-40)49-53-46(29-14-5-2-6-15-29)52-48(54-49)30-22-24-39-35(26-30)32-16-7-9-19-37(32)55-39/h1-27H. The summed E-state index contributed by atoms with van der Waals surface area (Å²) in [5.74, 6) is 2.42. The van der Waals surface area contributed by atoms with Gasteiger partial charge < -0.3 is 8.83 Å². The largest absolute Gasteiger partial charge is 0.456 e. The van der Waals surface area contributed by atoms with Gasteiger partial charge in [0.05, 0.1) is 0 Å². The summed E-state index contributed by atoms with van der Waals surface area (Å²) in [6.45, 7) is 0. The summed E-state index contributed by atoms with van der Waals surface area (Å²) in [4.78, 5) is 25.7. The predicted molar refractivity (Wildman–Crippen MR) is 230 cm³/mol. The first kappa shape index (κ1) is 31.8. The zero-order valence-corrected chi connectivity index (χ0v) is 30.9. The van der Waals surface area contributed by atoms with E-state index in [9.17, 15) is 0 Å². The Morgan fingerprint density at radius 2 is 0.982 bits per heavy atom. The van der Waals surface area contributed by atoms with Gasteiger partial charge >= 0.3 is 0 Å². The van der Waals surface area contributed by atoms with E-state index in [2.05, 4.69) is 66.7 Å². The molecular weight excluding hydrogens is 723 g/mol. The molecule has 8 heteroatoms. The van der Waals surface area contributed by atoms with Crippen LogP contribution >= 0.6 is 11.3 Å². The van der Waals surface area contributed by atoms with E-state index >= 15 is 0 Å². The van der Waals surface area contributed by atoms with Crippen molar-refractivity contribution >= 4 is 75.5 Å². The van der Waals surface area contributed by atoms with Crippen molar-refractivity contribution in [2.75, 3.05) is 0 Å². The van der Waals surface area contributed by atoms with E-state index in [1.165, 1.54) is 0 Å². The van der Waals surface area contributed by atoms with Crippen LogP contribution in [-0.4, -0.2) is 24.9 Å². The van der Waals surface area contributed by atoms with Gasteiger partial charge in [0, 0.05) is 64.1 Å². The molecule has 0 aliphatic rings. The molecule has 12 aromatic rings. The average Bonchev–Trinajstić information content (AvgIpc) is 3.97. The molecule has 57 heavy (non-hydrogen) atoms. The number of nitrogens with zero attached hydrogens (tertiary/aromatic N) is 5. The normalized spacial score (nSPS) is 11.9. The number of furan rings is 2. The maximum atomic E-state index is 6.38. The molecule has 0 aliphatic heterocycles. The van der Waals surface area contributed by atoms with Crippen LogP contribution in [0.4, 0.5) is 0 Å². The van der Waals surface area contributed by atoms with E-state index in [-0.39, 0.29) is 0 Å². The van der Waals surface area contributed by atoms with Crippen molar-refractivity contribution in [1.29, 1.82) is 0 Å². The van der Waals surface area contributed by atoms with Crippen molar-refractivity contribution in [3.63, 3.8) is 0 Å². The quantitative estimate of drug-likeness (QED) is 0.173. The second-order valence-electron chi connectivity index (χ2n) is 14.0. The number of para-hydroxylation sites is 2. The van der Waals surface area contributed by atoms with Gasteiger partial charge in [-0.3, -0.25) is 0 Å². The third kappa shape index (κ3) is 5.15. The van der Waals surface area contributed by atoms with Crippen LogP contribution in [0.2, 0.25) is 0 Å². The second-order valence-corrected chi connectivity index (χ2v) is 15.1. The van der Waals surface area contributed by atoms with Crippen molar-refractivity contribution in [2.24, 2.45) is 0 Å². The Kier molecular flexibility index (Phi) is 6.96. The van der Waals surface area contributed by atoms with Crippen molar-refractivity contribution in [1.82, 2.24) is 24.9 Å². The molecule has 12 rings (SSSR count). The summed E-state index contributed by atoms with van der Waals surface area (Å²) in [5.41, 5.74) is 9.27. The lowest BCUT2D eigenvalue weighted by Crippen LogP contribution is -2.00. The fourth-order valence-corrected chi connectivity index (χ4v) is 8.98. The maximum absolute atomic E-state index is 6.38. The van der Waals surface area contributed by atoms with E-state index in [1.54, 1.807) is 11.3 Å². The van der Waals surface area contributed by atoms with E-state index in [0.29, 0.717) is 28.9 Å². The van der Waals surface area contributed by atoms with E-state index in [4.69, 9.17) is 33.8 Å². The van der Waals surface area contributed by atoms with Crippen molar-refractivity contribution in [3.8, 4) is 56.8 Å². The Hall–Kier alpha value is -7.55. The fraction of sp³-hybridized carbons (Fsp3) is 0. The first-order chi connectivity index (χ1) is 28.2. The molecule has 0 atom stereocenters. The van der Waals surface area contributed by atoms with Gasteiger partial charge in [0.15, 0.2) is 28.9 Å². The Balaban J connectivity index is 1.07. The monoisotopic (exact) mass is 749 g/mol. The Labute approximate surface area is 328 Å². The highest BCUT2D eigenvalue weighted by molar-refractivity contribution is 7.26. The van der Waals surface area contributed by atoms with E-state index in [0.717, 1.165) is 92.1 Å². The molecule has 0 radical (unpaired) electrons. The molecule has 0 saturated heterocycles. The van der Waals surface area contributed by atoms with Gasteiger partial charge in [0.2, 0.25) is 0 Å². The van der Waals surface area contributed by atoms with Gasteiger partial charge in [-0.15, -0.1) is 11.3 Å². The summed E-state index contributed by atoms with van der Waals surface area (Å²) < 4.78 is 14.8. The highest BCUT2D eigenvalue weighted by atomic mass is 32.1. The highest BCUT2D eigenvalue weighted by Gasteiger charge is 2.21. The van der Waals surface area contributed by atoms with Gasteiger partial charge in [0.25, 0.3) is 0 Å². The zero-order chi connectivity index (χ0) is 37.5. The molecule has 0 spiro atoms. The van der Waals surface area contributed by atoms with Crippen molar-refractivity contribution in [2.45, 2.75) is 0 Å². The summed E-state index contributed by atoms with van der Waals surface area (Å²) in [5, 5.41) is 5.18. The molecule has 7 nitrogen and oxygen atoms in total. The summed E-state index contributed by atoms with van der Waals surface area (Å²) in [6, 6.07) is 55.3. The lowest BCUT2D eigenvalue weighted by atomic mass is 10.0. The first-order valence-electron chi connectivity index (χ1n) is 18.7. The van der Waals surface area contributed by atoms with Gasteiger partial charge in [-0.2, -0.15) is 0 Å². The van der Waals surface area contributed by atoms with Crippen LogP contribution in [0.15, 0.2) is 173 Å². The topological polar surface area (TPSA) is 90.7 Å². The number of rotatable bonds is 5. The molecule has 0 amide bonds. The maximum Gasteiger partial charge on any atom is 0.180 e. The molecule has 0 fully saturated rings. The Morgan fingerprint density at radius 1 is 0.368 bits per heavy atom. The van der Waals surface area contributed by atoms with Gasteiger partial charge in [-0.25, -0.2) is 24.9 Å². The molecule has 0 saturated carbocycles. The third-order valence-corrected chi connectivity index (χ3v) is 11.7. The third-order valence-electron chi connectivity index (χ3n) is 10.6. The number of aromatic nitrogens is 5. The first-order valence-corrected chi connectivity index (χ1v) is 19.5. The Morgan fingerprint density at radius 3 is 1.79 bits per heavy atom. The van der Waals surface area contributed by atoms with Crippen LogP contribution in [0.1, 0.15) is 0 Å². The lowest BCUT2D eigenvalue weighted by molar-refractivity contribution is 0.667. The molecule has 0 bridgehead atoms. The number of hydrogen-bond donors (Lipinski definition) is 0. The predicted octanol–water partition coefficient (Wildman–Crippen LogP) is 13.2. The number of fused-ring (bicyclic) bond motifs is 9. The minimum atomic E-state index is 0.589. The van der Waals surface area contributed by atoms with Crippen LogP contribution in [0, 0.1) is 0 Å². The second kappa shape index (κ2) is 12.5. The summed E-state index contributed by atoms with van der Waals surface area (Å²) >= 11 is 1.75. The van der Waals surface area contributed by atoms with Crippen LogP contribution in [0.3, 0.4) is 0 Å². The molecule has 0 unspecified atom stereocenters. The van der Waals surface area contributed by atoms with Crippen LogP contribution in [-0.2, 0) is 0 Å².